The Morgan fingerprint density at radius 2 is 1.93 bits per heavy atom. The first-order valence-corrected chi connectivity index (χ1v) is 5.77. The molecule has 72 valence electrons. The molecule has 1 aliphatic rings. The molecule has 0 saturated carbocycles. The minimum absolute atomic E-state index is 0.883. The van der Waals surface area contributed by atoms with Gasteiger partial charge in [-0.25, -0.2) is 4.21 Å². The van der Waals surface area contributed by atoms with E-state index in [4.69, 9.17) is 0 Å². The van der Waals surface area contributed by atoms with Gasteiger partial charge in [-0.15, -0.1) is 0 Å². The van der Waals surface area contributed by atoms with Crippen LogP contribution in [0.15, 0.2) is 52.3 Å². The fraction of sp³-hybridized carbons (Fsp3) is 0.167. The molecule has 1 atom stereocenters. The minimum Gasteiger partial charge on any atom is -0.249 e. The summed E-state index contributed by atoms with van der Waals surface area (Å²) < 4.78 is 11.9. The topological polar surface area (TPSA) is 17.1 Å². The molecule has 0 aromatic heterocycles. The third-order valence-electron chi connectivity index (χ3n) is 2.19. The summed E-state index contributed by atoms with van der Waals surface area (Å²) in [5.41, 5.74) is 1.20. The molecule has 1 nitrogen and oxygen atoms in total. The van der Waals surface area contributed by atoms with Crippen LogP contribution < -0.4 is 0 Å². The van der Waals surface area contributed by atoms with E-state index in [2.05, 4.69) is 0 Å². The number of hydrogen-bond donors (Lipinski definition) is 0. The molecule has 0 saturated heterocycles. The standard InChI is InChI=1S/C12H12OS/c1-10-6-8-12(9-7-10)14(13)11-4-2-3-5-11/h2,4-9H,3H2,1H3. The normalized spacial score (nSPS) is 16.8. The summed E-state index contributed by atoms with van der Waals surface area (Å²) in [5, 5.41) is 0. The van der Waals surface area contributed by atoms with Crippen LogP contribution >= 0.6 is 0 Å². The second-order valence-electron chi connectivity index (χ2n) is 3.33. The highest BCUT2D eigenvalue weighted by Crippen LogP contribution is 2.20. The molecule has 0 fully saturated rings. The van der Waals surface area contributed by atoms with Crippen molar-refractivity contribution in [1.29, 1.82) is 0 Å². The van der Waals surface area contributed by atoms with E-state index in [9.17, 15) is 4.21 Å². The van der Waals surface area contributed by atoms with Gasteiger partial charge >= 0.3 is 0 Å². The SMILES string of the molecule is Cc1ccc(S(=O)C2=CCC=C2)cc1. The van der Waals surface area contributed by atoms with Gasteiger partial charge in [0.25, 0.3) is 0 Å². The van der Waals surface area contributed by atoms with Crippen LogP contribution in [-0.4, -0.2) is 4.21 Å². The predicted octanol–water partition coefficient (Wildman–Crippen LogP) is 2.95. The first-order chi connectivity index (χ1) is 6.77. The second kappa shape index (κ2) is 3.93. The lowest BCUT2D eigenvalue weighted by atomic mass is 10.2. The summed E-state index contributed by atoms with van der Waals surface area (Å²) in [4.78, 5) is 1.81. The van der Waals surface area contributed by atoms with Crippen molar-refractivity contribution in [3.8, 4) is 0 Å². The number of allylic oxidation sites excluding steroid dienone is 3. The molecule has 2 heteroatoms. The van der Waals surface area contributed by atoms with Gasteiger partial charge in [0.15, 0.2) is 0 Å². The Kier molecular flexibility index (Phi) is 2.64. The molecule has 0 heterocycles. The van der Waals surface area contributed by atoms with Crippen LogP contribution in [0.5, 0.6) is 0 Å². The largest absolute Gasteiger partial charge is 0.249 e. The second-order valence-corrected chi connectivity index (χ2v) is 4.81. The van der Waals surface area contributed by atoms with Crippen molar-refractivity contribution in [2.24, 2.45) is 0 Å². The highest BCUT2D eigenvalue weighted by atomic mass is 32.2. The predicted molar refractivity (Wildman–Crippen MR) is 59.4 cm³/mol. The fourth-order valence-corrected chi connectivity index (χ4v) is 2.49. The van der Waals surface area contributed by atoms with Gasteiger partial charge in [0.1, 0.15) is 0 Å². The van der Waals surface area contributed by atoms with Crippen molar-refractivity contribution in [3.63, 3.8) is 0 Å². The van der Waals surface area contributed by atoms with Crippen molar-refractivity contribution in [1.82, 2.24) is 0 Å². The van der Waals surface area contributed by atoms with Gasteiger partial charge < -0.3 is 0 Å². The van der Waals surface area contributed by atoms with Crippen LogP contribution in [0.1, 0.15) is 12.0 Å². The highest BCUT2D eigenvalue weighted by Gasteiger charge is 2.09. The average Bonchev–Trinajstić information content (AvgIpc) is 2.71. The highest BCUT2D eigenvalue weighted by molar-refractivity contribution is 7.89. The Labute approximate surface area is 86.6 Å². The molecule has 1 aromatic carbocycles. The van der Waals surface area contributed by atoms with Crippen LogP contribution in [0.25, 0.3) is 0 Å². The summed E-state index contributed by atoms with van der Waals surface area (Å²) in [7, 11) is -0.993. The lowest BCUT2D eigenvalue weighted by Gasteiger charge is -2.01. The molecule has 0 bridgehead atoms. The van der Waals surface area contributed by atoms with Crippen LogP contribution in [0, 0.1) is 6.92 Å². The van der Waals surface area contributed by atoms with Crippen LogP contribution in [-0.2, 0) is 10.8 Å². The third-order valence-corrected chi connectivity index (χ3v) is 3.62. The van der Waals surface area contributed by atoms with Crippen molar-refractivity contribution >= 4 is 10.8 Å². The van der Waals surface area contributed by atoms with Gasteiger partial charge in [0.2, 0.25) is 0 Å². The van der Waals surface area contributed by atoms with E-state index in [1.165, 1.54) is 5.56 Å². The number of rotatable bonds is 2. The maximum absolute atomic E-state index is 11.9. The average molecular weight is 204 g/mol. The minimum atomic E-state index is -0.993. The van der Waals surface area contributed by atoms with E-state index in [1.807, 2.05) is 49.4 Å². The van der Waals surface area contributed by atoms with Crippen LogP contribution in [0.3, 0.4) is 0 Å². The summed E-state index contributed by atoms with van der Waals surface area (Å²) in [6.07, 6.45) is 6.89. The Bertz CT molecular complexity index is 412. The van der Waals surface area contributed by atoms with Gasteiger partial charge in [-0.05, 0) is 31.6 Å². The molecule has 1 aromatic rings. The quantitative estimate of drug-likeness (QED) is 0.724. The zero-order chi connectivity index (χ0) is 9.97. The monoisotopic (exact) mass is 204 g/mol. The molecule has 0 spiro atoms. The maximum atomic E-state index is 11.9. The Balaban J connectivity index is 2.27. The van der Waals surface area contributed by atoms with Crippen LogP contribution in [0.4, 0.5) is 0 Å². The van der Waals surface area contributed by atoms with Gasteiger partial charge in [0.05, 0.1) is 10.8 Å². The smallest absolute Gasteiger partial charge is 0.0846 e. The van der Waals surface area contributed by atoms with Crippen molar-refractivity contribution < 1.29 is 4.21 Å². The van der Waals surface area contributed by atoms with Crippen molar-refractivity contribution in [2.75, 3.05) is 0 Å². The fourth-order valence-electron chi connectivity index (χ4n) is 1.37. The molecule has 2 rings (SSSR count). The van der Waals surface area contributed by atoms with Gasteiger partial charge in [-0.3, -0.25) is 0 Å². The van der Waals surface area contributed by atoms with E-state index < -0.39 is 10.8 Å². The molecule has 1 aliphatic carbocycles. The van der Waals surface area contributed by atoms with E-state index in [0.717, 1.165) is 16.2 Å². The van der Waals surface area contributed by atoms with E-state index >= 15 is 0 Å². The van der Waals surface area contributed by atoms with Crippen molar-refractivity contribution in [3.05, 3.63) is 53.0 Å². The molecule has 0 radical (unpaired) electrons. The number of hydrogen-bond acceptors (Lipinski definition) is 1. The van der Waals surface area contributed by atoms with E-state index in [0.29, 0.717) is 0 Å². The molecule has 0 N–H and O–H groups in total. The molecular formula is C12H12OS. The van der Waals surface area contributed by atoms with Gasteiger partial charge in [-0.1, -0.05) is 29.8 Å². The Hall–Kier alpha value is -1.15. The van der Waals surface area contributed by atoms with Gasteiger partial charge in [0, 0.05) is 9.80 Å². The van der Waals surface area contributed by atoms with E-state index in [1.54, 1.807) is 0 Å². The molecule has 1 unspecified atom stereocenters. The Morgan fingerprint density at radius 1 is 1.21 bits per heavy atom. The third kappa shape index (κ3) is 1.85. The zero-order valence-corrected chi connectivity index (χ0v) is 8.88. The first-order valence-electron chi connectivity index (χ1n) is 4.62. The van der Waals surface area contributed by atoms with Crippen LogP contribution in [0.2, 0.25) is 0 Å². The number of aryl methyl sites for hydroxylation is 1. The summed E-state index contributed by atoms with van der Waals surface area (Å²) >= 11 is 0. The van der Waals surface area contributed by atoms with Crippen molar-refractivity contribution in [2.45, 2.75) is 18.2 Å². The number of benzene rings is 1. The van der Waals surface area contributed by atoms with Gasteiger partial charge in [-0.2, -0.15) is 0 Å². The summed E-state index contributed by atoms with van der Waals surface area (Å²) in [6.45, 7) is 2.03. The molecule has 0 aliphatic heterocycles. The molecular weight excluding hydrogens is 192 g/mol. The molecule has 14 heavy (non-hydrogen) atoms. The Morgan fingerprint density at radius 3 is 2.50 bits per heavy atom. The summed E-state index contributed by atoms with van der Waals surface area (Å²) in [6, 6.07) is 7.84. The zero-order valence-electron chi connectivity index (χ0n) is 8.07. The lowest BCUT2D eigenvalue weighted by Crippen LogP contribution is -1.92. The first kappa shape index (κ1) is 9.41. The molecule has 0 amide bonds. The summed E-state index contributed by atoms with van der Waals surface area (Å²) in [5.74, 6) is 0. The van der Waals surface area contributed by atoms with E-state index in [-0.39, 0.29) is 0 Å². The maximum Gasteiger partial charge on any atom is 0.0846 e. The lowest BCUT2D eigenvalue weighted by molar-refractivity contribution is 0.687.